The summed E-state index contributed by atoms with van der Waals surface area (Å²) in [7, 11) is 1.65. The topological polar surface area (TPSA) is 66.2 Å². The third-order valence-electron chi connectivity index (χ3n) is 3.47. The lowest BCUT2D eigenvalue weighted by molar-refractivity contribution is -0.0508. The fourth-order valence-electron chi connectivity index (χ4n) is 2.44. The van der Waals surface area contributed by atoms with Gasteiger partial charge >= 0.3 is 0 Å². The van der Waals surface area contributed by atoms with Gasteiger partial charge in [-0.05, 0) is 18.6 Å². The van der Waals surface area contributed by atoms with Crippen LogP contribution in [-0.4, -0.2) is 41.0 Å². The SMILES string of the molecule is CO[C@@H]1CCOC[C@H]1n1cnc2cccnc2c1=O. The number of aromatic nitrogens is 3. The van der Waals surface area contributed by atoms with Crippen LogP contribution in [0.5, 0.6) is 0 Å². The van der Waals surface area contributed by atoms with Gasteiger partial charge in [-0.3, -0.25) is 9.36 Å². The highest BCUT2D eigenvalue weighted by Crippen LogP contribution is 2.21. The number of ether oxygens (including phenoxy) is 2. The van der Waals surface area contributed by atoms with Crippen molar-refractivity contribution in [3.05, 3.63) is 35.0 Å². The summed E-state index contributed by atoms with van der Waals surface area (Å²) in [6.45, 7) is 1.11. The van der Waals surface area contributed by atoms with E-state index in [1.165, 1.54) is 0 Å². The smallest absolute Gasteiger partial charge is 0.280 e. The van der Waals surface area contributed by atoms with Crippen LogP contribution in [0.15, 0.2) is 29.5 Å². The Kier molecular flexibility index (Phi) is 3.27. The second-order valence-corrected chi connectivity index (χ2v) is 4.53. The third-order valence-corrected chi connectivity index (χ3v) is 3.47. The number of hydrogen-bond acceptors (Lipinski definition) is 5. The Morgan fingerprint density at radius 3 is 3.21 bits per heavy atom. The van der Waals surface area contributed by atoms with Gasteiger partial charge in [-0.1, -0.05) is 0 Å². The van der Waals surface area contributed by atoms with E-state index in [-0.39, 0.29) is 17.7 Å². The molecular weight excluding hydrogens is 246 g/mol. The highest BCUT2D eigenvalue weighted by Gasteiger charge is 2.28. The van der Waals surface area contributed by atoms with Crippen LogP contribution in [0.4, 0.5) is 0 Å². The van der Waals surface area contributed by atoms with E-state index in [4.69, 9.17) is 9.47 Å². The first kappa shape index (κ1) is 12.3. The molecule has 6 heteroatoms. The van der Waals surface area contributed by atoms with Gasteiger partial charge in [0.05, 0.1) is 30.6 Å². The van der Waals surface area contributed by atoms with Gasteiger partial charge in [0.15, 0.2) is 5.52 Å². The van der Waals surface area contributed by atoms with E-state index in [0.29, 0.717) is 24.2 Å². The number of methoxy groups -OCH3 is 1. The molecule has 0 bridgehead atoms. The van der Waals surface area contributed by atoms with Crippen LogP contribution in [0.25, 0.3) is 11.0 Å². The summed E-state index contributed by atoms with van der Waals surface area (Å²) in [5.41, 5.74) is 0.836. The fourth-order valence-corrected chi connectivity index (χ4v) is 2.44. The van der Waals surface area contributed by atoms with Gasteiger partial charge in [0, 0.05) is 19.9 Å². The first-order chi connectivity index (χ1) is 9.31. The van der Waals surface area contributed by atoms with E-state index in [0.717, 1.165) is 6.42 Å². The van der Waals surface area contributed by atoms with Crippen molar-refractivity contribution in [1.29, 1.82) is 0 Å². The van der Waals surface area contributed by atoms with Crippen LogP contribution in [0, 0.1) is 0 Å². The zero-order valence-corrected chi connectivity index (χ0v) is 10.7. The molecule has 0 spiro atoms. The molecule has 2 aromatic rings. The molecule has 6 nitrogen and oxygen atoms in total. The minimum Gasteiger partial charge on any atom is -0.379 e. The van der Waals surface area contributed by atoms with Crippen molar-refractivity contribution in [3.8, 4) is 0 Å². The lowest BCUT2D eigenvalue weighted by Gasteiger charge is -2.31. The van der Waals surface area contributed by atoms with Gasteiger partial charge in [-0.2, -0.15) is 0 Å². The Balaban J connectivity index is 2.09. The average Bonchev–Trinajstić information content (AvgIpc) is 2.48. The largest absolute Gasteiger partial charge is 0.379 e. The number of nitrogens with zero attached hydrogens (tertiary/aromatic N) is 3. The molecule has 3 rings (SSSR count). The maximum Gasteiger partial charge on any atom is 0.280 e. The quantitative estimate of drug-likeness (QED) is 0.798. The second-order valence-electron chi connectivity index (χ2n) is 4.53. The molecule has 19 heavy (non-hydrogen) atoms. The Bertz CT molecular complexity index is 640. The summed E-state index contributed by atoms with van der Waals surface area (Å²) in [6, 6.07) is 3.39. The van der Waals surface area contributed by atoms with E-state index < -0.39 is 0 Å². The number of hydrogen-bond donors (Lipinski definition) is 0. The summed E-state index contributed by atoms with van der Waals surface area (Å²) in [6.07, 6.45) is 3.89. The summed E-state index contributed by atoms with van der Waals surface area (Å²) < 4.78 is 12.5. The first-order valence-electron chi connectivity index (χ1n) is 6.23. The molecule has 0 aromatic carbocycles. The van der Waals surface area contributed by atoms with Crippen molar-refractivity contribution in [2.45, 2.75) is 18.6 Å². The summed E-state index contributed by atoms with van der Waals surface area (Å²) >= 11 is 0. The molecule has 1 fully saturated rings. The lowest BCUT2D eigenvalue weighted by atomic mass is 10.1. The molecule has 0 radical (unpaired) electrons. The van der Waals surface area contributed by atoms with Gasteiger partial charge < -0.3 is 9.47 Å². The van der Waals surface area contributed by atoms with Crippen molar-refractivity contribution < 1.29 is 9.47 Å². The zero-order valence-electron chi connectivity index (χ0n) is 10.7. The van der Waals surface area contributed by atoms with Crippen molar-refractivity contribution in [3.63, 3.8) is 0 Å². The van der Waals surface area contributed by atoms with E-state index in [1.807, 2.05) is 0 Å². The van der Waals surface area contributed by atoms with Gasteiger partial charge in [0.1, 0.15) is 0 Å². The highest BCUT2D eigenvalue weighted by molar-refractivity contribution is 5.71. The van der Waals surface area contributed by atoms with Crippen LogP contribution in [0.2, 0.25) is 0 Å². The number of fused-ring (bicyclic) bond motifs is 1. The molecule has 1 saturated heterocycles. The van der Waals surface area contributed by atoms with Crippen LogP contribution in [-0.2, 0) is 9.47 Å². The summed E-state index contributed by atoms with van der Waals surface area (Å²) in [5, 5.41) is 0. The third kappa shape index (κ3) is 2.13. The van der Waals surface area contributed by atoms with E-state index in [2.05, 4.69) is 9.97 Å². The van der Waals surface area contributed by atoms with Gasteiger partial charge in [-0.25, -0.2) is 9.97 Å². The number of rotatable bonds is 2. The van der Waals surface area contributed by atoms with E-state index in [1.54, 1.807) is 36.3 Å². The van der Waals surface area contributed by atoms with Crippen LogP contribution in [0.3, 0.4) is 0 Å². The Labute approximate surface area is 110 Å². The Morgan fingerprint density at radius 1 is 1.47 bits per heavy atom. The molecule has 3 heterocycles. The summed E-state index contributed by atoms with van der Waals surface area (Å²) in [5.74, 6) is 0. The van der Waals surface area contributed by atoms with E-state index in [9.17, 15) is 4.79 Å². The molecule has 100 valence electrons. The predicted octanol–water partition coefficient (Wildman–Crippen LogP) is 0.768. The molecule has 2 atom stereocenters. The van der Waals surface area contributed by atoms with Crippen molar-refractivity contribution in [2.24, 2.45) is 0 Å². The molecule has 0 unspecified atom stereocenters. The Morgan fingerprint density at radius 2 is 2.37 bits per heavy atom. The van der Waals surface area contributed by atoms with E-state index >= 15 is 0 Å². The molecule has 0 N–H and O–H groups in total. The molecular formula is C13H15N3O3. The standard InChI is InChI=1S/C13H15N3O3/c1-18-11-4-6-19-7-10(11)16-8-15-9-3-2-5-14-12(9)13(16)17/h2-3,5,8,10-11H,4,6-7H2,1H3/t10-,11-/m1/s1. The molecule has 1 aliphatic heterocycles. The normalized spacial score (nSPS) is 23.6. The van der Waals surface area contributed by atoms with Gasteiger partial charge in [0.2, 0.25) is 0 Å². The highest BCUT2D eigenvalue weighted by atomic mass is 16.5. The lowest BCUT2D eigenvalue weighted by Crippen LogP contribution is -2.40. The molecule has 0 saturated carbocycles. The first-order valence-corrected chi connectivity index (χ1v) is 6.23. The molecule has 0 amide bonds. The Hall–Kier alpha value is -1.79. The van der Waals surface area contributed by atoms with Crippen molar-refractivity contribution in [2.75, 3.05) is 20.3 Å². The molecule has 0 aliphatic carbocycles. The van der Waals surface area contributed by atoms with Crippen LogP contribution >= 0.6 is 0 Å². The average molecular weight is 261 g/mol. The minimum absolute atomic E-state index is 0.0330. The fraction of sp³-hybridized carbons (Fsp3) is 0.462. The van der Waals surface area contributed by atoms with Crippen molar-refractivity contribution in [1.82, 2.24) is 14.5 Å². The van der Waals surface area contributed by atoms with Gasteiger partial charge in [-0.15, -0.1) is 0 Å². The minimum atomic E-state index is -0.150. The monoisotopic (exact) mass is 261 g/mol. The molecule has 1 aliphatic rings. The molecule has 2 aromatic heterocycles. The van der Waals surface area contributed by atoms with Gasteiger partial charge in [0.25, 0.3) is 5.56 Å². The summed E-state index contributed by atoms with van der Waals surface area (Å²) in [4.78, 5) is 20.8. The maximum atomic E-state index is 12.4. The van der Waals surface area contributed by atoms with Crippen LogP contribution < -0.4 is 5.56 Å². The second kappa shape index (κ2) is 5.07. The zero-order chi connectivity index (χ0) is 13.2. The van der Waals surface area contributed by atoms with Crippen molar-refractivity contribution >= 4 is 11.0 Å². The number of pyridine rings is 1. The predicted molar refractivity (Wildman–Crippen MR) is 69.1 cm³/mol. The van der Waals surface area contributed by atoms with Crippen LogP contribution in [0.1, 0.15) is 12.5 Å². The maximum absolute atomic E-state index is 12.4.